The van der Waals surface area contributed by atoms with Gasteiger partial charge in [0.15, 0.2) is 0 Å². The molecule has 1 aromatic heterocycles. The fraction of sp³-hybridized carbons (Fsp3) is 0.462. The maximum absolute atomic E-state index is 5.96. The Hall–Kier alpha value is -0.513. The van der Waals surface area contributed by atoms with Crippen molar-refractivity contribution in [1.82, 2.24) is 9.55 Å². The first-order valence-corrected chi connectivity index (χ1v) is 8.13. The molecule has 5 heteroatoms. The van der Waals surface area contributed by atoms with E-state index in [4.69, 9.17) is 23.2 Å². The Kier molecular flexibility index (Phi) is 3.64. The first-order valence-electron chi connectivity index (χ1n) is 6.23. The molecular formula is C13H14Cl2N2Si. The number of aromatic nitrogens is 1. The van der Waals surface area contributed by atoms with Crippen LogP contribution in [0.3, 0.4) is 0 Å². The maximum atomic E-state index is 5.96. The molecule has 0 bridgehead atoms. The molecule has 94 valence electrons. The van der Waals surface area contributed by atoms with Crippen LogP contribution in [0.15, 0.2) is 18.3 Å². The summed E-state index contributed by atoms with van der Waals surface area (Å²) in [6, 6.07) is 4.14. The molecule has 1 saturated heterocycles. The summed E-state index contributed by atoms with van der Waals surface area (Å²) in [4.78, 5) is 4.57. The van der Waals surface area contributed by atoms with Gasteiger partial charge in [-0.2, -0.15) is 0 Å². The second-order valence-corrected chi connectivity index (χ2v) is 7.89. The Morgan fingerprint density at radius 3 is 3.17 bits per heavy atom. The molecule has 0 aromatic carbocycles. The number of nitrogens with zero attached hydrogens (tertiary/aromatic N) is 2. The molecule has 3 rings (SSSR count). The van der Waals surface area contributed by atoms with Crippen LogP contribution in [-0.4, -0.2) is 30.2 Å². The van der Waals surface area contributed by atoms with E-state index in [0.29, 0.717) is 15.6 Å². The molecule has 0 amide bonds. The summed E-state index contributed by atoms with van der Waals surface area (Å²) in [5.74, 6) is 0.598. The van der Waals surface area contributed by atoms with Crippen molar-refractivity contribution in [3.63, 3.8) is 0 Å². The van der Waals surface area contributed by atoms with Crippen LogP contribution in [0.4, 0.5) is 0 Å². The average molecular weight is 297 g/mol. The monoisotopic (exact) mass is 296 g/mol. The standard InChI is InChI=1S/C13H14Cl2N2Si/c14-13(15)18-17-8-2-4-10-6-5-9-3-1-7-16-11(9)12(10)17/h1,3,5,7,10,13H,2,4,6,8H2. The number of piperidine rings is 1. The summed E-state index contributed by atoms with van der Waals surface area (Å²) in [5.41, 5.74) is 1.36. The van der Waals surface area contributed by atoms with Gasteiger partial charge in [-0.3, -0.25) is 4.98 Å². The van der Waals surface area contributed by atoms with Gasteiger partial charge in [-0.05, 0) is 30.5 Å². The van der Waals surface area contributed by atoms with Crippen LogP contribution in [0.5, 0.6) is 0 Å². The third-order valence-electron chi connectivity index (χ3n) is 3.57. The van der Waals surface area contributed by atoms with Gasteiger partial charge in [-0.1, -0.05) is 12.1 Å². The van der Waals surface area contributed by atoms with Crippen LogP contribution in [0.25, 0.3) is 11.8 Å². The second-order valence-electron chi connectivity index (χ2n) is 4.69. The number of halogens is 2. The van der Waals surface area contributed by atoms with E-state index in [-0.39, 0.29) is 4.46 Å². The lowest BCUT2D eigenvalue weighted by molar-refractivity contribution is 0.406. The summed E-state index contributed by atoms with van der Waals surface area (Å²) < 4.78 is 2.05. The zero-order valence-corrected chi connectivity index (χ0v) is 12.5. The molecule has 1 aliphatic carbocycles. The third-order valence-corrected chi connectivity index (χ3v) is 5.13. The lowest BCUT2D eigenvalue weighted by Gasteiger charge is -2.38. The minimum absolute atomic E-state index is 0.311. The largest absolute Gasteiger partial charge is 0.398 e. The van der Waals surface area contributed by atoms with Crippen molar-refractivity contribution < 1.29 is 0 Å². The highest BCUT2D eigenvalue weighted by Crippen LogP contribution is 2.31. The molecule has 0 spiro atoms. The van der Waals surface area contributed by atoms with Gasteiger partial charge < -0.3 is 4.57 Å². The maximum Gasteiger partial charge on any atom is 0.220 e. The molecule has 2 aliphatic rings. The van der Waals surface area contributed by atoms with E-state index in [1.807, 2.05) is 12.3 Å². The number of rotatable bonds is 2. The van der Waals surface area contributed by atoms with Crippen molar-refractivity contribution in [2.75, 3.05) is 6.54 Å². The summed E-state index contributed by atoms with van der Waals surface area (Å²) in [5, 5.41) is 2.39. The SMILES string of the molecule is ClC(Cl)[Si]N1CCCC2CC=c3cccnc3=C21. The molecule has 1 unspecified atom stereocenters. The highest BCUT2D eigenvalue weighted by atomic mass is 35.5. The van der Waals surface area contributed by atoms with Gasteiger partial charge in [0.25, 0.3) is 0 Å². The Morgan fingerprint density at radius 2 is 2.33 bits per heavy atom. The van der Waals surface area contributed by atoms with Crippen molar-refractivity contribution in [2.45, 2.75) is 23.7 Å². The predicted molar refractivity (Wildman–Crippen MR) is 76.7 cm³/mol. The van der Waals surface area contributed by atoms with Gasteiger partial charge >= 0.3 is 0 Å². The minimum atomic E-state index is -0.311. The molecule has 0 N–H and O–H groups in total. The summed E-state index contributed by atoms with van der Waals surface area (Å²) in [6.45, 7) is 1.05. The zero-order valence-electron chi connectivity index (χ0n) is 9.94. The highest BCUT2D eigenvalue weighted by Gasteiger charge is 2.28. The Balaban J connectivity index is 2.12. The van der Waals surface area contributed by atoms with E-state index in [9.17, 15) is 0 Å². The van der Waals surface area contributed by atoms with Gasteiger partial charge in [-0.15, -0.1) is 23.2 Å². The number of hydrogen-bond donors (Lipinski definition) is 0. The molecule has 1 atom stereocenters. The zero-order chi connectivity index (χ0) is 12.5. The van der Waals surface area contributed by atoms with Crippen molar-refractivity contribution in [1.29, 1.82) is 0 Å². The first kappa shape index (κ1) is 12.5. The van der Waals surface area contributed by atoms with Gasteiger partial charge in [0.05, 0.1) is 5.35 Å². The lowest BCUT2D eigenvalue weighted by atomic mass is 9.88. The Bertz CT molecular complexity index is 558. The van der Waals surface area contributed by atoms with Gasteiger partial charge in [0, 0.05) is 24.4 Å². The summed E-state index contributed by atoms with van der Waals surface area (Å²) in [6.07, 6.45) is 7.76. The summed E-state index contributed by atoms with van der Waals surface area (Å²) in [7, 11) is 0.433. The topological polar surface area (TPSA) is 16.1 Å². The van der Waals surface area contributed by atoms with E-state index < -0.39 is 0 Å². The highest BCUT2D eigenvalue weighted by molar-refractivity contribution is 6.67. The number of hydrogen-bond acceptors (Lipinski definition) is 2. The van der Waals surface area contributed by atoms with E-state index >= 15 is 0 Å². The van der Waals surface area contributed by atoms with Gasteiger partial charge in [0.2, 0.25) is 9.68 Å². The van der Waals surface area contributed by atoms with Crippen molar-refractivity contribution in [3.8, 4) is 0 Å². The molecule has 1 fully saturated rings. The fourth-order valence-electron chi connectivity index (χ4n) is 2.84. The van der Waals surface area contributed by atoms with E-state index in [1.54, 1.807) is 0 Å². The van der Waals surface area contributed by atoms with E-state index in [2.05, 4.69) is 21.7 Å². The van der Waals surface area contributed by atoms with Crippen molar-refractivity contribution >= 4 is 44.7 Å². The molecule has 2 nitrogen and oxygen atoms in total. The lowest BCUT2D eigenvalue weighted by Crippen LogP contribution is -2.47. The molecule has 2 radical (unpaired) electrons. The third kappa shape index (κ3) is 2.31. The van der Waals surface area contributed by atoms with Crippen LogP contribution < -0.4 is 10.6 Å². The van der Waals surface area contributed by atoms with Crippen LogP contribution in [0, 0.1) is 5.92 Å². The fourth-order valence-corrected chi connectivity index (χ4v) is 4.50. The smallest absolute Gasteiger partial charge is 0.220 e. The van der Waals surface area contributed by atoms with Crippen LogP contribution in [0.1, 0.15) is 19.3 Å². The predicted octanol–water partition coefficient (Wildman–Crippen LogP) is 1.47. The van der Waals surface area contributed by atoms with Crippen molar-refractivity contribution in [3.05, 3.63) is 28.9 Å². The van der Waals surface area contributed by atoms with Gasteiger partial charge in [0.1, 0.15) is 4.46 Å². The molecule has 2 heterocycles. The quantitative estimate of drug-likeness (QED) is 0.607. The average Bonchev–Trinajstić information content (AvgIpc) is 2.38. The normalized spacial score (nSPS) is 22.5. The first-order chi connectivity index (χ1) is 8.75. The number of fused-ring (bicyclic) bond motifs is 2. The van der Waals surface area contributed by atoms with Crippen LogP contribution in [0.2, 0.25) is 0 Å². The number of pyridine rings is 1. The van der Waals surface area contributed by atoms with Crippen LogP contribution >= 0.6 is 23.2 Å². The van der Waals surface area contributed by atoms with Gasteiger partial charge in [-0.25, -0.2) is 0 Å². The van der Waals surface area contributed by atoms with Crippen molar-refractivity contribution in [2.24, 2.45) is 5.92 Å². The summed E-state index contributed by atoms with van der Waals surface area (Å²) >= 11 is 11.9. The number of alkyl halides is 2. The Labute approximate surface area is 119 Å². The molecule has 1 aliphatic heterocycles. The molecule has 0 saturated carbocycles. The minimum Gasteiger partial charge on any atom is -0.398 e. The van der Waals surface area contributed by atoms with E-state index in [0.717, 1.165) is 18.3 Å². The Morgan fingerprint density at radius 1 is 1.44 bits per heavy atom. The molecule has 1 aromatic rings. The molecular weight excluding hydrogens is 283 g/mol. The molecule has 18 heavy (non-hydrogen) atoms. The van der Waals surface area contributed by atoms with E-state index in [1.165, 1.54) is 23.8 Å². The van der Waals surface area contributed by atoms with Crippen LogP contribution in [-0.2, 0) is 0 Å². The second kappa shape index (κ2) is 5.23.